The molecule has 0 spiro atoms. The Morgan fingerprint density at radius 1 is 1.38 bits per heavy atom. The second-order valence-electron chi connectivity index (χ2n) is 5.75. The van der Waals surface area contributed by atoms with E-state index in [0.29, 0.717) is 25.5 Å². The first-order valence-corrected chi connectivity index (χ1v) is 6.80. The molecule has 1 aromatic rings. The molecule has 1 aliphatic heterocycles. The van der Waals surface area contributed by atoms with Gasteiger partial charge in [0.2, 0.25) is 0 Å². The van der Waals surface area contributed by atoms with Crippen LogP contribution in [-0.2, 0) is 9.47 Å². The Morgan fingerprint density at radius 2 is 2.10 bits per heavy atom. The lowest BCUT2D eigenvalue weighted by Gasteiger charge is -2.36. The molecule has 116 valence electrons. The second kappa shape index (κ2) is 5.97. The van der Waals surface area contributed by atoms with Crippen LogP contribution >= 0.6 is 0 Å². The standard InChI is InChI=1S/C15H19F2NO3/c1-15(2)8-9(4-5-21-15)18-13-6-10(14(19)20-3)11(16)7-12(13)17/h6-7,9,18H,4-5,8H2,1-3H3. The fraction of sp³-hybridized carbons (Fsp3) is 0.533. The van der Waals surface area contributed by atoms with Gasteiger partial charge in [0.05, 0.1) is 24.0 Å². The van der Waals surface area contributed by atoms with Crippen LogP contribution in [0.2, 0.25) is 0 Å². The van der Waals surface area contributed by atoms with Crippen LogP contribution in [0.3, 0.4) is 0 Å². The zero-order chi connectivity index (χ0) is 15.6. The van der Waals surface area contributed by atoms with E-state index < -0.39 is 17.6 Å². The Kier molecular flexibility index (Phi) is 4.46. The normalized spacial score (nSPS) is 20.9. The molecule has 1 aliphatic rings. The zero-order valence-corrected chi connectivity index (χ0v) is 12.3. The van der Waals surface area contributed by atoms with Crippen molar-refractivity contribution < 1.29 is 23.0 Å². The van der Waals surface area contributed by atoms with Gasteiger partial charge in [-0.15, -0.1) is 0 Å². The number of esters is 1. The lowest BCUT2D eigenvalue weighted by molar-refractivity contribution is -0.0553. The van der Waals surface area contributed by atoms with E-state index in [2.05, 4.69) is 10.1 Å². The number of rotatable bonds is 3. The van der Waals surface area contributed by atoms with Gasteiger partial charge in [-0.05, 0) is 32.8 Å². The summed E-state index contributed by atoms with van der Waals surface area (Å²) in [5.74, 6) is -2.50. The molecule has 2 rings (SSSR count). The first kappa shape index (κ1) is 15.7. The molecule has 6 heteroatoms. The van der Waals surface area contributed by atoms with E-state index >= 15 is 0 Å². The van der Waals surface area contributed by atoms with Crippen LogP contribution in [0.5, 0.6) is 0 Å². The summed E-state index contributed by atoms with van der Waals surface area (Å²) in [6, 6.07) is 1.84. The highest BCUT2D eigenvalue weighted by atomic mass is 19.1. The Morgan fingerprint density at radius 3 is 2.71 bits per heavy atom. The maximum Gasteiger partial charge on any atom is 0.340 e. The molecule has 0 aliphatic carbocycles. The molecule has 1 N–H and O–H groups in total. The lowest BCUT2D eigenvalue weighted by atomic mass is 9.93. The van der Waals surface area contributed by atoms with Gasteiger partial charge < -0.3 is 14.8 Å². The molecule has 21 heavy (non-hydrogen) atoms. The molecule has 1 unspecified atom stereocenters. The number of benzene rings is 1. The van der Waals surface area contributed by atoms with Crippen molar-refractivity contribution >= 4 is 11.7 Å². The Bertz CT molecular complexity index is 546. The molecule has 0 radical (unpaired) electrons. The fourth-order valence-corrected chi connectivity index (χ4v) is 2.50. The SMILES string of the molecule is COC(=O)c1cc(NC2CCOC(C)(C)C2)c(F)cc1F. The third kappa shape index (κ3) is 3.69. The van der Waals surface area contributed by atoms with E-state index in [-0.39, 0.29) is 22.9 Å². The fourth-order valence-electron chi connectivity index (χ4n) is 2.50. The number of ether oxygens (including phenoxy) is 2. The molecule has 1 fully saturated rings. The van der Waals surface area contributed by atoms with Crippen LogP contribution in [0.1, 0.15) is 37.0 Å². The number of halogens is 2. The third-order valence-corrected chi connectivity index (χ3v) is 3.52. The minimum absolute atomic E-state index is 0.000733. The quantitative estimate of drug-likeness (QED) is 0.871. The molecule has 1 saturated heterocycles. The van der Waals surface area contributed by atoms with Gasteiger partial charge in [0.15, 0.2) is 0 Å². The average molecular weight is 299 g/mol. The summed E-state index contributed by atoms with van der Waals surface area (Å²) < 4.78 is 37.5. The Labute approximate surface area is 122 Å². The molecule has 4 nitrogen and oxygen atoms in total. The highest BCUT2D eigenvalue weighted by Crippen LogP contribution is 2.28. The maximum absolute atomic E-state index is 13.9. The second-order valence-corrected chi connectivity index (χ2v) is 5.75. The van der Waals surface area contributed by atoms with E-state index in [1.54, 1.807) is 0 Å². The molecule has 0 aromatic heterocycles. The van der Waals surface area contributed by atoms with Crippen molar-refractivity contribution in [2.75, 3.05) is 19.0 Å². The van der Waals surface area contributed by atoms with Crippen LogP contribution in [-0.4, -0.2) is 31.3 Å². The van der Waals surface area contributed by atoms with Crippen molar-refractivity contribution in [1.82, 2.24) is 0 Å². The highest BCUT2D eigenvalue weighted by molar-refractivity contribution is 5.90. The number of nitrogens with one attached hydrogen (secondary N) is 1. The summed E-state index contributed by atoms with van der Waals surface area (Å²) in [7, 11) is 1.15. The first-order chi connectivity index (χ1) is 9.82. The van der Waals surface area contributed by atoms with Gasteiger partial charge in [0, 0.05) is 18.7 Å². The molecule has 1 heterocycles. The van der Waals surface area contributed by atoms with E-state index in [0.717, 1.165) is 13.2 Å². The van der Waals surface area contributed by atoms with Crippen LogP contribution in [0, 0.1) is 11.6 Å². The first-order valence-electron chi connectivity index (χ1n) is 6.80. The van der Waals surface area contributed by atoms with Gasteiger partial charge in [-0.3, -0.25) is 0 Å². The molecule has 1 atom stereocenters. The number of methoxy groups -OCH3 is 1. The smallest absolute Gasteiger partial charge is 0.340 e. The molecular weight excluding hydrogens is 280 g/mol. The number of hydrogen-bond acceptors (Lipinski definition) is 4. The topological polar surface area (TPSA) is 47.6 Å². The van der Waals surface area contributed by atoms with Crippen LogP contribution in [0.15, 0.2) is 12.1 Å². The molecule has 0 saturated carbocycles. The van der Waals surface area contributed by atoms with E-state index in [4.69, 9.17) is 4.74 Å². The van der Waals surface area contributed by atoms with Crippen molar-refractivity contribution in [3.8, 4) is 0 Å². The summed E-state index contributed by atoms with van der Waals surface area (Å²) in [6.07, 6.45) is 1.41. The monoisotopic (exact) mass is 299 g/mol. The molecular formula is C15H19F2NO3. The molecule has 0 amide bonds. The summed E-state index contributed by atoms with van der Waals surface area (Å²) in [5, 5.41) is 3.02. The minimum Gasteiger partial charge on any atom is -0.465 e. The van der Waals surface area contributed by atoms with Crippen molar-refractivity contribution in [3.05, 3.63) is 29.3 Å². The predicted molar refractivity (Wildman–Crippen MR) is 74.4 cm³/mol. The number of carbonyl (C=O) groups is 1. The maximum atomic E-state index is 13.9. The van der Waals surface area contributed by atoms with Gasteiger partial charge in [0.25, 0.3) is 0 Å². The Balaban J connectivity index is 2.21. The van der Waals surface area contributed by atoms with Gasteiger partial charge in [-0.25, -0.2) is 13.6 Å². The summed E-state index contributed by atoms with van der Waals surface area (Å²) in [6.45, 7) is 4.49. The van der Waals surface area contributed by atoms with Gasteiger partial charge in [-0.1, -0.05) is 0 Å². The number of hydrogen-bond donors (Lipinski definition) is 1. The van der Waals surface area contributed by atoms with Crippen molar-refractivity contribution in [2.45, 2.75) is 38.3 Å². The van der Waals surface area contributed by atoms with Crippen LogP contribution in [0.25, 0.3) is 0 Å². The molecule has 1 aromatic carbocycles. The lowest BCUT2D eigenvalue weighted by Crippen LogP contribution is -2.40. The average Bonchev–Trinajstić information content (AvgIpc) is 2.40. The van der Waals surface area contributed by atoms with Gasteiger partial charge >= 0.3 is 5.97 Å². The third-order valence-electron chi connectivity index (χ3n) is 3.52. The van der Waals surface area contributed by atoms with Crippen LogP contribution in [0.4, 0.5) is 14.5 Å². The zero-order valence-electron chi connectivity index (χ0n) is 12.3. The van der Waals surface area contributed by atoms with E-state index in [1.807, 2.05) is 13.8 Å². The number of anilines is 1. The predicted octanol–water partition coefficient (Wildman–Crippen LogP) is 3.12. The number of carbonyl (C=O) groups excluding carboxylic acids is 1. The van der Waals surface area contributed by atoms with E-state index in [9.17, 15) is 13.6 Å². The summed E-state index contributed by atoms with van der Waals surface area (Å²) in [4.78, 5) is 11.5. The Hall–Kier alpha value is -1.69. The van der Waals surface area contributed by atoms with E-state index in [1.165, 1.54) is 0 Å². The van der Waals surface area contributed by atoms with Crippen molar-refractivity contribution in [2.24, 2.45) is 0 Å². The highest BCUT2D eigenvalue weighted by Gasteiger charge is 2.29. The minimum atomic E-state index is -0.933. The molecule has 0 bridgehead atoms. The van der Waals surface area contributed by atoms with Crippen molar-refractivity contribution in [1.29, 1.82) is 0 Å². The van der Waals surface area contributed by atoms with Crippen molar-refractivity contribution in [3.63, 3.8) is 0 Å². The van der Waals surface area contributed by atoms with Crippen LogP contribution < -0.4 is 5.32 Å². The summed E-state index contributed by atoms with van der Waals surface area (Å²) >= 11 is 0. The van der Waals surface area contributed by atoms with Gasteiger partial charge in [0.1, 0.15) is 11.6 Å². The largest absolute Gasteiger partial charge is 0.465 e. The van der Waals surface area contributed by atoms with Gasteiger partial charge in [-0.2, -0.15) is 0 Å². The summed E-state index contributed by atoms with van der Waals surface area (Å²) in [5.41, 5.74) is -0.482.